The van der Waals surface area contributed by atoms with Crippen LogP contribution in [0.4, 0.5) is 14.7 Å². The van der Waals surface area contributed by atoms with E-state index in [1.165, 1.54) is 28.8 Å². The zero-order valence-corrected chi connectivity index (χ0v) is 19.7. The van der Waals surface area contributed by atoms with Gasteiger partial charge in [0, 0.05) is 38.6 Å². The third kappa shape index (κ3) is 4.69. The van der Waals surface area contributed by atoms with Crippen LogP contribution in [0.3, 0.4) is 0 Å². The minimum atomic E-state index is -0.825. The van der Waals surface area contributed by atoms with Gasteiger partial charge in [0.15, 0.2) is 0 Å². The van der Waals surface area contributed by atoms with Crippen LogP contribution < -0.4 is 16.1 Å². The number of carbonyl (C=O) groups is 1. The lowest BCUT2D eigenvalue weighted by atomic mass is 10.1. The van der Waals surface area contributed by atoms with Crippen molar-refractivity contribution in [2.75, 3.05) is 31.1 Å². The van der Waals surface area contributed by atoms with Crippen molar-refractivity contribution in [2.24, 2.45) is 0 Å². The van der Waals surface area contributed by atoms with Crippen LogP contribution in [0.2, 0.25) is 0 Å². The highest BCUT2D eigenvalue weighted by atomic mass is 35.5. The second kappa shape index (κ2) is 10.2. The van der Waals surface area contributed by atoms with Gasteiger partial charge >= 0.3 is 5.69 Å². The maximum Gasteiger partial charge on any atom is 0.329 e. The normalized spacial score (nSPS) is 13.5. The Kier molecular flexibility index (Phi) is 7.11. The topological polar surface area (TPSA) is 104 Å². The highest BCUT2D eigenvalue weighted by Gasteiger charge is 2.25. The molecule has 0 aliphatic carbocycles. The molecule has 0 radical (unpaired) electrons. The molecule has 186 valence electrons. The molecule has 0 saturated carbocycles. The third-order valence-corrected chi connectivity index (χ3v) is 5.98. The molecule has 0 unspecified atom stereocenters. The van der Waals surface area contributed by atoms with Crippen LogP contribution in [0, 0.1) is 11.6 Å². The van der Waals surface area contributed by atoms with Gasteiger partial charge in [0.25, 0.3) is 11.5 Å². The summed E-state index contributed by atoms with van der Waals surface area (Å²) < 4.78 is 30.0. The van der Waals surface area contributed by atoms with E-state index in [9.17, 15) is 23.2 Å². The van der Waals surface area contributed by atoms with Crippen molar-refractivity contribution in [2.45, 2.75) is 6.54 Å². The van der Waals surface area contributed by atoms with Crippen LogP contribution >= 0.6 is 12.4 Å². The predicted molar refractivity (Wildman–Crippen MR) is 132 cm³/mol. The van der Waals surface area contributed by atoms with Crippen LogP contribution in [0.25, 0.3) is 10.9 Å². The standard InChI is InChI=1S/C24H20F2N6O3.ClH/c25-17-6-5-15(14-32-19-4-1-3-18(26)20(19)21(33)29-24(32)35)13-16(17)22(34)30-9-11-31(12-10-30)23-27-7-2-8-28-23;/h1-8,13H,9-12,14H2,(H,29,33,35);1H. The Morgan fingerprint density at radius 1 is 0.944 bits per heavy atom. The zero-order valence-electron chi connectivity index (χ0n) is 18.9. The Bertz CT molecular complexity index is 1530. The summed E-state index contributed by atoms with van der Waals surface area (Å²) in [5, 5.41) is -0.245. The quantitative estimate of drug-likeness (QED) is 0.448. The summed E-state index contributed by atoms with van der Waals surface area (Å²) in [6.07, 6.45) is 3.29. The SMILES string of the molecule is Cl.O=C(c1cc(Cn2c(=O)[nH]c(=O)c3c(F)cccc32)ccc1F)N1CCN(c2ncccn2)CC1. The van der Waals surface area contributed by atoms with E-state index in [0.717, 1.165) is 12.1 Å². The molecule has 9 nitrogen and oxygen atoms in total. The zero-order chi connectivity index (χ0) is 24.5. The number of hydrogen-bond acceptors (Lipinski definition) is 6. The van der Waals surface area contributed by atoms with Crippen LogP contribution in [0.15, 0.2) is 64.4 Å². The molecule has 3 heterocycles. The van der Waals surface area contributed by atoms with Crippen LogP contribution in [0.5, 0.6) is 0 Å². The number of fused-ring (bicyclic) bond motifs is 1. The third-order valence-electron chi connectivity index (χ3n) is 5.98. The van der Waals surface area contributed by atoms with E-state index in [1.54, 1.807) is 23.4 Å². The van der Waals surface area contributed by atoms with Gasteiger partial charge in [0.2, 0.25) is 5.95 Å². The van der Waals surface area contributed by atoms with E-state index in [2.05, 4.69) is 15.0 Å². The summed E-state index contributed by atoms with van der Waals surface area (Å²) >= 11 is 0. The molecule has 1 amide bonds. The smallest absolute Gasteiger partial charge is 0.329 e. The Balaban J connectivity index is 0.00000304. The molecule has 1 aliphatic rings. The number of aromatic amines is 1. The summed E-state index contributed by atoms with van der Waals surface area (Å²) in [4.78, 5) is 51.7. The summed E-state index contributed by atoms with van der Waals surface area (Å²) in [5.74, 6) is -1.34. The van der Waals surface area contributed by atoms with E-state index in [1.807, 2.05) is 4.90 Å². The van der Waals surface area contributed by atoms with Gasteiger partial charge in [0.05, 0.1) is 23.0 Å². The minimum absolute atomic E-state index is 0. The summed E-state index contributed by atoms with van der Waals surface area (Å²) in [5.41, 5.74) is -1.13. The van der Waals surface area contributed by atoms with Gasteiger partial charge in [-0.15, -0.1) is 12.4 Å². The Morgan fingerprint density at radius 2 is 1.67 bits per heavy atom. The molecule has 1 fully saturated rings. The maximum atomic E-state index is 14.7. The number of piperazine rings is 1. The first-order chi connectivity index (χ1) is 16.9. The van der Waals surface area contributed by atoms with Crippen LogP contribution in [0.1, 0.15) is 15.9 Å². The number of anilines is 1. The maximum absolute atomic E-state index is 14.7. The molecule has 2 aromatic heterocycles. The minimum Gasteiger partial charge on any atom is -0.337 e. The highest BCUT2D eigenvalue weighted by Crippen LogP contribution is 2.18. The fourth-order valence-electron chi connectivity index (χ4n) is 4.21. The average Bonchev–Trinajstić information content (AvgIpc) is 2.87. The van der Waals surface area contributed by atoms with Gasteiger partial charge in [0.1, 0.15) is 11.6 Å². The number of aromatic nitrogens is 4. The van der Waals surface area contributed by atoms with Gasteiger partial charge in [-0.2, -0.15) is 0 Å². The number of benzene rings is 2. The van der Waals surface area contributed by atoms with Crippen molar-refractivity contribution in [3.8, 4) is 0 Å². The lowest BCUT2D eigenvalue weighted by molar-refractivity contribution is 0.0741. The molecule has 1 aliphatic heterocycles. The highest BCUT2D eigenvalue weighted by molar-refractivity contribution is 5.95. The number of rotatable bonds is 4. The first-order valence-corrected chi connectivity index (χ1v) is 10.9. The van der Waals surface area contributed by atoms with E-state index in [0.29, 0.717) is 37.7 Å². The fourth-order valence-corrected chi connectivity index (χ4v) is 4.21. The molecule has 0 spiro atoms. The number of amides is 1. The second-order valence-electron chi connectivity index (χ2n) is 8.12. The van der Waals surface area contributed by atoms with Crippen molar-refractivity contribution < 1.29 is 13.6 Å². The molecular weight excluding hydrogens is 494 g/mol. The number of nitrogens with one attached hydrogen (secondary N) is 1. The van der Waals surface area contributed by atoms with Crippen LogP contribution in [-0.2, 0) is 6.54 Å². The average molecular weight is 515 g/mol. The van der Waals surface area contributed by atoms with Gasteiger partial charge in [-0.1, -0.05) is 12.1 Å². The van der Waals surface area contributed by atoms with E-state index < -0.39 is 28.8 Å². The van der Waals surface area contributed by atoms with Crippen molar-refractivity contribution in [1.29, 1.82) is 0 Å². The number of H-pyrrole nitrogens is 1. The fraction of sp³-hybridized carbons (Fsp3) is 0.208. The first-order valence-electron chi connectivity index (χ1n) is 10.9. The predicted octanol–water partition coefficient (Wildman–Crippen LogP) is 2.19. The summed E-state index contributed by atoms with van der Waals surface area (Å²) in [7, 11) is 0. The number of nitrogens with zero attached hydrogens (tertiary/aromatic N) is 5. The molecule has 0 atom stereocenters. The lowest BCUT2D eigenvalue weighted by Crippen LogP contribution is -2.49. The Hall–Kier alpha value is -4.12. The van der Waals surface area contributed by atoms with E-state index >= 15 is 0 Å². The summed E-state index contributed by atoms with van der Waals surface area (Å²) in [6, 6.07) is 9.69. The second-order valence-corrected chi connectivity index (χ2v) is 8.12. The van der Waals surface area contributed by atoms with Gasteiger partial charge in [-0.05, 0) is 35.9 Å². The largest absolute Gasteiger partial charge is 0.337 e. The molecule has 36 heavy (non-hydrogen) atoms. The van der Waals surface area contributed by atoms with E-state index in [-0.39, 0.29) is 35.4 Å². The monoisotopic (exact) mass is 514 g/mol. The molecule has 0 bridgehead atoms. The molecule has 1 N–H and O–H groups in total. The first kappa shape index (κ1) is 25.0. The number of hydrogen-bond donors (Lipinski definition) is 1. The molecule has 4 aromatic rings. The Labute approximate surface area is 209 Å². The summed E-state index contributed by atoms with van der Waals surface area (Å²) in [6.45, 7) is 1.64. The van der Waals surface area contributed by atoms with Crippen molar-refractivity contribution in [1.82, 2.24) is 24.4 Å². The number of carbonyl (C=O) groups excluding carboxylic acids is 1. The molecule has 12 heteroatoms. The lowest BCUT2D eigenvalue weighted by Gasteiger charge is -2.34. The van der Waals surface area contributed by atoms with E-state index in [4.69, 9.17) is 0 Å². The molecular formula is C24H21ClF2N6O3. The van der Waals surface area contributed by atoms with Crippen molar-refractivity contribution >= 4 is 35.2 Å². The Morgan fingerprint density at radius 3 is 2.39 bits per heavy atom. The van der Waals surface area contributed by atoms with Gasteiger partial charge in [-0.25, -0.2) is 23.5 Å². The number of halogens is 3. The van der Waals surface area contributed by atoms with Crippen molar-refractivity contribution in [3.63, 3.8) is 0 Å². The van der Waals surface area contributed by atoms with Crippen molar-refractivity contribution in [3.05, 3.63) is 98.5 Å². The molecule has 5 rings (SSSR count). The molecule has 2 aromatic carbocycles. The van der Waals surface area contributed by atoms with Crippen LogP contribution in [-0.4, -0.2) is 56.5 Å². The van der Waals surface area contributed by atoms with Gasteiger partial charge < -0.3 is 9.80 Å². The molecule has 1 saturated heterocycles. The van der Waals surface area contributed by atoms with Gasteiger partial charge in [-0.3, -0.25) is 19.1 Å².